The second-order valence-corrected chi connectivity index (χ2v) is 3.91. The molecule has 0 radical (unpaired) electrons. The minimum Gasteiger partial charge on any atom is -0.495 e. The van der Waals surface area contributed by atoms with Gasteiger partial charge in [-0.05, 0) is 11.6 Å². The quantitative estimate of drug-likeness (QED) is 0.872. The van der Waals surface area contributed by atoms with Crippen molar-refractivity contribution in [3.8, 4) is 5.75 Å². The fourth-order valence-electron chi connectivity index (χ4n) is 1.18. The van der Waals surface area contributed by atoms with Gasteiger partial charge in [0.1, 0.15) is 5.75 Å². The van der Waals surface area contributed by atoms with Crippen LogP contribution in [0.2, 0.25) is 10.0 Å². The van der Waals surface area contributed by atoms with Gasteiger partial charge in [-0.2, -0.15) is 0 Å². The number of halogens is 2. The molecule has 1 rings (SSSR count). The summed E-state index contributed by atoms with van der Waals surface area (Å²) >= 11 is 11.9. The predicted molar refractivity (Wildman–Crippen MR) is 58.5 cm³/mol. The Bertz CT molecular complexity index is 326. The van der Waals surface area contributed by atoms with Crippen molar-refractivity contribution in [3.63, 3.8) is 0 Å². The Balaban J connectivity index is 3.14. The van der Waals surface area contributed by atoms with Crippen LogP contribution in [0.5, 0.6) is 5.75 Å². The van der Waals surface area contributed by atoms with Gasteiger partial charge in [0.2, 0.25) is 0 Å². The zero-order valence-corrected chi connectivity index (χ0v) is 9.56. The van der Waals surface area contributed by atoms with Crippen molar-refractivity contribution < 1.29 is 9.84 Å². The lowest BCUT2D eigenvalue weighted by molar-refractivity contribution is 0.273. The minimum absolute atomic E-state index is 0.0223. The minimum atomic E-state index is -0.0223. The molecule has 0 bridgehead atoms. The number of benzene rings is 1. The molecular formula is C10H12Cl2O2. The Morgan fingerprint density at radius 3 is 2.50 bits per heavy atom. The highest BCUT2D eigenvalue weighted by Crippen LogP contribution is 2.34. The van der Waals surface area contributed by atoms with Crippen molar-refractivity contribution in [1.82, 2.24) is 0 Å². The maximum Gasteiger partial charge on any atom is 0.138 e. The van der Waals surface area contributed by atoms with Crippen LogP contribution in [0.3, 0.4) is 0 Å². The summed E-state index contributed by atoms with van der Waals surface area (Å²) in [6.07, 6.45) is 0. The topological polar surface area (TPSA) is 29.5 Å². The van der Waals surface area contributed by atoms with Gasteiger partial charge in [-0.15, -0.1) is 0 Å². The molecule has 1 aromatic carbocycles. The Morgan fingerprint density at radius 2 is 2.00 bits per heavy atom. The van der Waals surface area contributed by atoms with E-state index < -0.39 is 0 Å². The molecule has 0 amide bonds. The highest BCUT2D eigenvalue weighted by atomic mass is 35.5. The average molecular weight is 235 g/mol. The van der Waals surface area contributed by atoms with Crippen molar-refractivity contribution in [1.29, 1.82) is 0 Å². The Morgan fingerprint density at radius 1 is 1.36 bits per heavy atom. The van der Waals surface area contributed by atoms with E-state index in [1.807, 2.05) is 6.92 Å². The molecule has 1 unspecified atom stereocenters. The first kappa shape index (κ1) is 11.6. The second-order valence-electron chi connectivity index (χ2n) is 3.09. The Labute approximate surface area is 93.4 Å². The summed E-state index contributed by atoms with van der Waals surface area (Å²) in [5, 5.41) is 10.1. The van der Waals surface area contributed by atoms with Crippen molar-refractivity contribution in [2.24, 2.45) is 0 Å². The number of methoxy groups -OCH3 is 1. The Kier molecular flexibility index (Phi) is 4.05. The fourth-order valence-corrected chi connectivity index (χ4v) is 1.77. The third kappa shape index (κ3) is 2.32. The molecule has 78 valence electrons. The van der Waals surface area contributed by atoms with Gasteiger partial charge < -0.3 is 9.84 Å². The zero-order chi connectivity index (χ0) is 10.7. The fraction of sp³-hybridized carbons (Fsp3) is 0.400. The van der Waals surface area contributed by atoms with Gasteiger partial charge in [-0.25, -0.2) is 0 Å². The lowest BCUT2D eigenvalue weighted by Crippen LogP contribution is -2.00. The van der Waals surface area contributed by atoms with E-state index in [2.05, 4.69) is 0 Å². The summed E-state index contributed by atoms with van der Waals surface area (Å²) in [5.41, 5.74) is 0.833. The summed E-state index contributed by atoms with van der Waals surface area (Å²) in [5.74, 6) is 0.525. The van der Waals surface area contributed by atoms with E-state index in [0.29, 0.717) is 15.8 Å². The number of hydrogen-bond acceptors (Lipinski definition) is 2. The van der Waals surface area contributed by atoms with Crippen molar-refractivity contribution >= 4 is 23.2 Å². The maximum absolute atomic E-state index is 9.00. The van der Waals surface area contributed by atoms with E-state index in [1.165, 1.54) is 7.11 Å². The lowest BCUT2D eigenvalue weighted by Gasteiger charge is -2.13. The summed E-state index contributed by atoms with van der Waals surface area (Å²) in [7, 11) is 1.53. The Hall–Kier alpha value is -0.440. The van der Waals surface area contributed by atoms with E-state index >= 15 is 0 Å². The van der Waals surface area contributed by atoms with Gasteiger partial charge in [-0.1, -0.05) is 30.1 Å². The van der Waals surface area contributed by atoms with Crippen molar-refractivity contribution in [3.05, 3.63) is 27.7 Å². The monoisotopic (exact) mass is 234 g/mol. The largest absolute Gasteiger partial charge is 0.495 e. The molecule has 0 fully saturated rings. The van der Waals surface area contributed by atoms with E-state index in [1.54, 1.807) is 12.1 Å². The molecule has 0 aliphatic heterocycles. The van der Waals surface area contributed by atoms with Crippen LogP contribution in [0.1, 0.15) is 18.4 Å². The van der Waals surface area contributed by atoms with Crippen molar-refractivity contribution in [2.75, 3.05) is 13.7 Å². The van der Waals surface area contributed by atoms with Crippen LogP contribution in [0.25, 0.3) is 0 Å². The van der Waals surface area contributed by atoms with Crippen LogP contribution in [-0.2, 0) is 0 Å². The molecule has 0 aromatic heterocycles. The summed E-state index contributed by atoms with van der Waals surface area (Å²) < 4.78 is 5.02. The number of ether oxygens (including phenoxy) is 1. The number of rotatable bonds is 3. The molecule has 1 atom stereocenters. The molecule has 0 saturated heterocycles. The molecular weight excluding hydrogens is 223 g/mol. The predicted octanol–water partition coefficient (Wildman–Crippen LogP) is 3.10. The van der Waals surface area contributed by atoms with Gasteiger partial charge in [0.05, 0.1) is 12.1 Å². The van der Waals surface area contributed by atoms with Gasteiger partial charge in [-0.3, -0.25) is 0 Å². The molecule has 0 aliphatic carbocycles. The SMILES string of the molecule is COc1cc(Cl)c(C(C)CO)cc1Cl. The smallest absolute Gasteiger partial charge is 0.138 e. The summed E-state index contributed by atoms with van der Waals surface area (Å²) in [6, 6.07) is 3.38. The molecule has 1 aromatic rings. The van der Waals surface area contributed by atoms with E-state index in [4.69, 9.17) is 33.0 Å². The van der Waals surface area contributed by atoms with Crippen LogP contribution in [0.4, 0.5) is 0 Å². The van der Waals surface area contributed by atoms with Crippen LogP contribution in [0.15, 0.2) is 12.1 Å². The van der Waals surface area contributed by atoms with Gasteiger partial charge in [0.15, 0.2) is 0 Å². The van der Waals surface area contributed by atoms with Crippen LogP contribution >= 0.6 is 23.2 Å². The number of aliphatic hydroxyl groups excluding tert-OH is 1. The summed E-state index contributed by atoms with van der Waals surface area (Å²) in [6.45, 7) is 1.92. The standard InChI is InChI=1S/C10H12Cl2O2/c1-6(5-13)7-3-9(12)10(14-2)4-8(7)11/h3-4,6,13H,5H2,1-2H3. The zero-order valence-electron chi connectivity index (χ0n) is 8.05. The first-order valence-corrected chi connectivity index (χ1v) is 4.99. The van der Waals surface area contributed by atoms with Gasteiger partial charge in [0, 0.05) is 23.6 Å². The molecule has 0 spiro atoms. The van der Waals surface area contributed by atoms with E-state index in [0.717, 1.165) is 5.56 Å². The molecule has 0 aliphatic rings. The average Bonchev–Trinajstić information content (AvgIpc) is 2.19. The number of hydrogen-bond donors (Lipinski definition) is 1. The first-order chi connectivity index (χ1) is 6.60. The van der Waals surface area contributed by atoms with Gasteiger partial charge in [0.25, 0.3) is 0 Å². The lowest BCUT2D eigenvalue weighted by atomic mass is 10.0. The van der Waals surface area contributed by atoms with Crippen LogP contribution in [0, 0.1) is 0 Å². The first-order valence-electron chi connectivity index (χ1n) is 4.24. The van der Waals surface area contributed by atoms with Gasteiger partial charge >= 0.3 is 0 Å². The molecule has 14 heavy (non-hydrogen) atoms. The highest BCUT2D eigenvalue weighted by molar-refractivity contribution is 6.34. The highest BCUT2D eigenvalue weighted by Gasteiger charge is 2.12. The van der Waals surface area contributed by atoms with Crippen LogP contribution < -0.4 is 4.74 Å². The molecule has 0 heterocycles. The third-order valence-electron chi connectivity index (χ3n) is 2.08. The second kappa shape index (κ2) is 4.87. The number of aliphatic hydroxyl groups is 1. The molecule has 0 saturated carbocycles. The van der Waals surface area contributed by atoms with E-state index in [9.17, 15) is 0 Å². The molecule has 4 heteroatoms. The molecule has 1 N–H and O–H groups in total. The molecule has 2 nitrogen and oxygen atoms in total. The normalized spacial score (nSPS) is 12.6. The van der Waals surface area contributed by atoms with Crippen molar-refractivity contribution in [2.45, 2.75) is 12.8 Å². The maximum atomic E-state index is 9.00. The third-order valence-corrected chi connectivity index (χ3v) is 2.70. The summed E-state index contributed by atoms with van der Waals surface area (Å²) in [4.78, 5) is 0. The van der Waals surface area contributed by atoms with Crippen LogP contribution in [-0.4, -0.2) is 18.8 Å². The van der Waals surface area contributed by atoms with E-state index in [-0.39, 0.29) is 12.5 Å².